The Morgan fingerprint density at radius 3 is 2.31 bits per heavy atom. The summed E-state index contributed by atoms with van der Waals surface area (Å²) in [4.78, 5) is 5.03. The molecule has 0 radical (unpaired) electrons. The van der Waals surface area contributed by atoms with Crippen LogP contribution in [0.2, 0.25) is 0 Å². The van der Waals surface area contributed by atoms with Crippen LogP contribution < -0.4 is 0 Å². The summed E-state index contributed by atoms with van der Waals surface area (Å²) < 4.78 is 10.5. The van der Waals surface area contributed by atoms with E-state index in [2.05, 4.69) is 69.9 Å². The third kappa shape index (κ3) is 4.02. The van der Waals surface area contributed by atoms with Crippen LogP contribution in [0.4, 0.5) is 0 Å². The number of fused-ring (bicyclic) bond motifs is 6. The fourth-order valence-electron chi connectivity index (χ4n) is 6.66. The Balaban J connectivity index is 1.22. The molecule has 0 saturated carbocycles. The van der Waals surface area contributed by atoms with Gasteiger partial charge in [0.2, 0.25) is 0 Å². The number of para-hydroxylation sites is 1. The minimum absolute atomic E-state index is 0.0669. The normalized spacial score (nSPS) is 14.2. The molecule has 3 aromatic heterocycles. The Bertz CT molecular complexity index is 2470. The van der Waals surface area contributed by atoms with E-state index in [1.807, 2.05) is 78.9 Å². The monoisotopic (exact) mass is 579 g/mol. The van der Waals surface area contributed by atoms with E-state index < -0.39 is 0 Å². The molecule has 1 unspecified atom stereocenters. The van der Waals surface area contributed by atoms with Crippen LogP contribution in [0.5, 0.6) is 0 Å². The smallest absolute Gasteiger partial charge is 0.181 e. The summed E-state index contributed by atoms with van der Waals surface area (Å²) in [6.07, 6.45) is 5.13. The van der Waals surface area contributed by atoms with Crippen LogP contribution in [-0.2, 0) is 6.42 Å². The molecule has 8 aromatic rings. The maximum atomic E-state index is 9.82. The third-order valence-electron chi connectivity index (χ3n) is 8.76. The summed E-state index contributed by atoms with van der Waals surface area (Å²) in [7, 11) is 0. The predicted molar refractivity (Wildman–Crippen MR) is 178 cm³/mol. The van der Waals surface area contributed by atoms with Gasteiger partial charge in [0.25, 0.3) is 0 Å². The van der Waals surface area contributed by atoms with Crippen molar-refractivity contribution in [3.63, 3.8) is 0 Å². The zero-order chi connectivity index (χ0) is 29.9. The van der Waals surface area contributed by atoms with Gasteiger partial charge in [-0.25, -0.2) is 9.67 Å². The van der Waals surface area contributed by atoms with Crippen molar-refractivity contribution in [2.75, 3.05) is 0 Å². The largest absolute Gasteiger partial charge is 0.456 e. The van der Waals surface area contributed by atoms with E-state index in [1.54, 1.807) is 0 Å². The lowest BCUT2D eigenvalue weighted by Crippen LogP contribution is -2.16. The van der Waals surface area contributed by atoms with Gasteiger partial charge in [0.1, 0.15) is 11.2 Å². The van der Waals surface area contributed by atoms with E-state index in [-0.39, 0.29) is 6.04 Å². The molecule has 9 rings (SSSR count). The van der Waals surface area contributed by atoms with Gasteiger partial charge < -0.3 is 8.98 Å². The van der Waals surface area contributed by atoms with Crippen molar-refractivity contribution in [3.8, 4) is 34.5 Å². The Hall–Kier alpha value is -6.19. The molecule has 212 valence electrons. The number of hydrogen-bond acceptors (Lipinski definition) is 4. The van der Waals surface area contributed by atoms with Crippen LogP contribution in [-0.4, -0.2) is 19.3 Å². The van der Waals surface area contributed by atoms with Gasteiger partial charge in [0, 0.05) is 45.1 Å². The molecule has 0 N–H and O–H groups in total. The van der Waals surface area contributed by atoms with E-state index in [4.69, 9.17) is 14.5 Å². The summed E-state index contributed by atoms with van der Waals surface area (Å²) in [5, 5.41) is 18.1. The number of aromatic nitrogens is 4. The lowest BCUT2D eigenvalue weighted by molar-refractivity contribution is 0.540. The minimum atomic E-state index is -0.0669. The van der Waals surface area contributed by atoms with Gasteiger partial charge in [-0.3, -0.25) is 0 Å². The molecular formula is C39H25N5O. The molecule has 0 amide bonds. The molecule has 45 heavy (non-hydrogen) atoms. The van der Waals surface area contributed by atoms with Gasteiger partial charge in [-0.1, -0.05) is 84.9 Å². The second kappa shape index (κ2) is 9.94. The maximum absolute atomic E-state index is 9.82. The Kier molecular flexibility index (Phi) is 5.59. The standard InChI is InChI=1S/C39H25N5O/c40-24-25-15-18-34-31(21-25)32-23-29(44-39(27-11-5-2-6-12-27)41-38(42-44)26-9-3-1-4-10-26)16-19-35(32)43(34)28-17-20-37-33(22-28)30-13-7-8-14-36(30)45-37/h1-22,29H,23H2. The van der Waals surface area contributed by atoms with Gasteiger partial charge in [0.15, 0.2) is 11.6 Å². The second-order valence-corrected chi connectivity index (χ2v) is 11.4. The highest BCUT2D eigenvalue weighted by Gasteiger charge is 2.27. The summed E-state index contributed by atoms with van der Waals surface area (Å²) in [5.41, 5.74) is 8.77. The highest BCUT2D eigenvalue weighted by Crippen LogP contribution is 2.40. The van der Waals surface area contributed by atoms with E-state index in [1.165, 1.54) is 5.56 Å². The quantitative estimate of drug-likeness (QED) is 0.208. The average Bonchev–Trinajstić information content (AvgIpc) is 3.80. The number of allylic oxidation sites excluding steroid dienone is 1. The lowest BCUT2D eigenvalue weighted by atomic mass is 9.96. The molecule has 1 aliphatic carbocycles. The number of rotatable bonds is 4. The fraction of sp³-hybridized carbons (Fsp3) is 0.0513. The predicted octanol–water partition coefficient (Wildman–Crippen LogP) is 9.14. The third-order valence-corrected chi connectivity index (χ3v) is 8.76. The summed E-state index contributed by atoms with van der Waals surface area (Å²) >= 11 is 0. The van der Waals surface area contributed by atoms with E-state index in [9.17, 15) is 5.26 Å². The molecule has 5 aromatic carbocycles. The zero-order valence-electron chi connectivity index (χ0n) is 24.1. The zero-order valence-corrected chi connectivity index (χ0v) is 24.1. The van der Waals surface area contributed by atoms with Crippen LogP contribution in [0.15, 0.2) is 132 Å². The molecule has 1 aliphatic rings. The number of benzene rings is 5. The fourth-order valence-corrected chi connectivity index (χ4v) is 6.66. The van der Waals surface area contributed by atoms with Crippen molar-refractivity contribution in [3.05, 3.63) is 144 Å². The van der Waals surface area contributed by atoms with E-state index in [0.717, 1.165) is 61.2 Å². The molecule has 6 nitrogen and oxygen atoms in total. The van der Waals surface area contributed by atoms with Crippen molar-refractivity contribution in [1.29, 1.82) is 5.26 Å². The first kappa shape index (κ1) is 25.3. The molecule has 3 heterocycles. The lowest BCUT2D eigenvalue weighted by Gasteiger charge is -2.21. The average molecular weight is 580 g/mol. The first-order valence-corrected chi connectivity index (χ1v) is 15.0. The Labute approximate surface area is 258 Å². The Morgan fingerprint density at radius 2 is 1.49 bits per heavy atom. The summed E-state index contributed by atoms with van der Waals surface area (Å²) in [5.74, 6) is 1.52. The number of nitriles is 1. The number of hydrogen-bond donors (Lipinski definition) is 0. The SMILES string of the molecule is N#Cc1ccc2c(c1)c1c(n2-c2ccc3oc4ccccc4c3c2)C=CC(n2nc(-c3ccccc3)nc2-c2ccccc2)C1. The molecule has 0 spiro atoms. The molecule has 0 fully saturated rings. The molecule has 0 aliphatic heterocycles. The van der Waals surface area contributed by atoms with Crippen LogP contribution in [0.1, 0.15) is 22.9 Å². The van der Waals surface area contributed by atoms with Crippen LogP contribution >= 0.6 is 0 Å². The molecule has 0 saturated heterocycles. The first-order chi connectivity index (χ1) is 22.2. The number of furan rings is 1. The van der Waals surface area contributed by atoms with Crippen LogP contribution in [0, 0.1) is 11.3 Å². The van der Waals surface area contributed by atoms with Gasteiger partial charge in [-0.05, 0) is 54.1 Å². The maximum Gasteiger partial charge on any atom is 0.181 e. The summed E-state index contributed by atoms with van der Waals surface area (Å²) in [6.45, 7) is 0. The molecular weight excluding hydrogens is 554 g/mol. The molecule has 6 heteroatoms. The van der Waals surface area contributed by atoms with Gasteiger partial charge in [-0.2, -0.15) is 5.26 Å². The highest BCUT2D eigenvalue weighted by atomic mass is 16.3. The Morgan fingerprint density at radius 1 is 0.733 bits per heavy atom. The van der Waals surface area contributed by atoms with Crippen molar-refractivity contribution < 1.29 is 4.42 Å². The first-order valence-electron chi connectivity index (χ1n) is 15.0. The van der Waals surface area contributed by atoms with Gasteiger partial charge in [0.05, 0.1) is 23.2 Å². The van der Waals surface area contributed by atoms with Crippen molar-refractivity contribution >= 4 is 38.9 Å². The van der Waals surface area contributed by atoms with E-state index >= 15 is 0 Å². The van der Waals surface area contributed by atoms with Gasteiger partial charge in [-0.15, -0.1) is 5.10 Å². The highest BCUT2D eigenvalue weighted by molar-refractivity contribution is 6.06. The summed E-state index contributed by atoms with van der Waals surface area (Å²) in [6, 6.07) is 43.1. The molecule has 1 atom stereocenters. The minimum Gasteiger partial charge on any atom is -0.456 e. The molecule has 0 bridgehead atoms. The van der Waals surface area contributed by atoms with E-state index in [0.29, 0.717) is 17.8 Å². The van der Waals surface area contributed by atoms with Gasteiger partial charge >= 0.3 is 0 Å². The van der Waals surface area contributed by atoms with Crippen molar-refractivity contribution in [1.82, 2.24) is 19.3 Å². The second-order valence-electron chi connectivity index (χ2n) is 11.4. The van der Waals surface area contributed by atoms with Crippen molar-refractivity contribution in [2.45, 2.75) is 12.5 Å². The number of nitrogens with zero attached hydrogens (tertiary/aromatic N) is 5. The van der Waals surface area contributed by atoms with Crippen LogP contribution in [0.3, 0.4) is 0 Å². The van der Waals surface area contributed by atoms with Crippen molar-refractivity contribution in [2.24, 2.45) is 0 Å². The van der Waals surface area contributed by atoms with Crippen LogP contribution in [0.25, 0.3) is 67.4 Å². The topological polar surface area (TPSA) is 72.6 Å².